The molecule has 1 fully saturated rings. The first kappa shape index (κ1) is 14.6. The highest BCUT2D eigenvalue weighted by molar-refractivity contribution is 6.06. The number of hydrogen-bond donors (Lipinski definition) is 2. The number of hydrogen-bond acceptors (Lipinski definition) is 4. The first-order chi connectivity index (χ1) is 10.5. The summed E-state index contributed by atoms with van der Waals surface area (Å²) in [5.41, 5.74) is 1.40. The Morgan fingerprint density at radius 1 is 1.36 bits per heavy atom. The Morgan fingerprint density at radius 3 is 2.50 bits per heavy atom. The molecule has 0 bridgehead atoms. The standard InChI is InChI=1S/C16H17NO5/c1-8(18)13-12-7-11(9-3-5-10(22-2)6-4-9)14(16(20)21)17(12)15(13)19/h3-6,8,12-13,18H,7H2,1-2H3,(H,20,21)/t8-,12+,13+/m0/s1. The number of carboxylic acids is 1. The Bertz CT molecular complexity index is 662. The summed E-state index contributed by atoms with van der Waals surface area (Å²) in [7, 11) is 1.56. The molecule has 2 aliphatic heterocycles. The lowest BCUT2D eigenvalue weighted by Crippen LogP contribution is -2.61. The van der Waals surface area contributed by atoms with Crippen molar-refractivity contribution in [2.45, 2.75) is 25.5 Å². The molecule has 3 rings (SSSR count). The van der Waals surface area contributed by atoms with Gasteiger partial charge in [0.2, 0.25) is 5.91 Å². The number of amides is 1. The highest BCUT2D eigenvalue weighted by Gasteiger charge is 2.56. The van der Waals surface area contributed by atoms with Crippen LogP contribution in [0.2, 0.25) is 0 Å². The van der Waals surface area contributed by atoms with Gasteiger partial charge in [-0.3, -0.25) is 4.79 Å². The Morgan fingerprint density at radius 2 is 2.00 bits per heavy atom. The highest BCUT2D eigenvalue weighted by atomic mass is 16.5. The van der Waals surface area contributed by atoms with Gasteiger partial charge in [0, 0.05) is 0 Å². The molecule has 0 unspecified atom stereocenters. The summed E-state index contributed by atoms with van der Waals surface area (Å²) in [6, 6.07) is 6.81. The number of ether oxygens (including phenoxy) is 1. The number of carbonyl (C=O) groups excluding carboxylic acids is 1. The van der Waals surface area contributed by atoms with Crippen LogP contribution < -0.4 is 4.74 Å². The van der Waals surface area contributed by atoms with Gasteiger partial charge in [-0.25, -0.2) is 4.79 Å². The van der Waals surface area contributed by atoms with Crippen molar-refractivity contribution in [2.24, 2.45) is 5.92 Å². The molecule has 0 spiro atoms. The number of fused-ring (bicyclic) bond motifs is 1. The van der Waals surface area contributed by atoms with Crippen molar-refractivity contribution in [1.29, 1.82) is 0 Å². The van der Waals surface area contributed by atoms with Crippen LogP contribution in [0, 0.1) is 5.92 Å². The zero-order valence-electron chi connectivity index (χ0n) is 12.3. The summed E-state index contributed by atoms with van der Waals surface area (Å²) >= 11 is 0. The van der Waals surface area contributed by atoms with Crippen molar-refractivity contribution in [2.75, 3.05) is 7.11 Å². The van der Waals surface area contributed by atoms with E-state index in [1.54, 1.807) is 38.3 Å². The molecule has 1 saturated heterocycles. The molecule has 1 aromatic carbocycles. The molecule has 1 amide bonds. The molecule has 0 aliphatic carbocycles. The number of aliphatic hydroxyl groups is 1. The fraction of sp³-hybridized carbons (Fsp3) is 0.375. The van der Waals surface area contributed by atoms with Crippen molar-refractivity contribution >= 4 is 17.4 Å². The van der Waals surface area contributed by atoms with Crippen molar-refractivity contribution in [1.82, 2.24) is 4.90 Å². The number of aliphatic carboxylic acids is 1. The maximum atomic E-state index is 12.1. The van der Waals surface area contributed by atoms with E-state index in [4.69, 9.17) is 4.74 Å². The molecular weight excluding hydrogens is 286 g/mol. The Hall–Kier alpha value is -2.34. The Kier molecular flexibility index (Phi) is 3.41. The molecule has 6 nitrogen and oxygen atoms in total. The fourth-order valence-corrected chi connectivity index (χ4v) is 3.32. The second kappa shape index (κ2) is 5.14. The van der Waals surface area contributed by atoms with Crippen molar-refractivity contribution in [3.8, 4) is 5.75 Å². The van der Waals surface area contributed by atoms with Crippen LogP contribution >= 0.6 is 0 Å². The molecular formula is C16H17NO5. The number of carbonyl (C=O) groups is 2. The number of β-lactam (4-membered cyclic amide) rings is 1. The quantitative estimate of drug-likeness (QED) is 0.813. The van der Waals surface area contributed by atoms with Crippen LogP contribution in [-0.2, 0) is 9.59 Å². The molecule has 2 heterocycles. The van der Waals surface area contributed by atoms with Gasteiger partial charge in [0.15, 0.2) is 0 Å². The molecule has 3 atom stereocenters. The average molecular weight is 303 g/mol. The number of carboxylic acid groups (broad SMARTS) is 1. The molecule has 22 heavy (non-hydrogen) atoms. The van der Waals surface area contributed by atoms with E-state index >= 15 is 0 Å². The smallest absolute Gasteiger partial charge is 0.352 e. The SMILES string of the molecule is COc1ccc(C2=C(C(=O)O)N3C(=O)[C@H]([C@H](C)O)[C@H]3C2)cc1. The lowest BCUT2D eigenvalue weighted by atomic mass is 9.82. The first-order valence-corrected chi connectivity index (χ1v) is 7.07. The summed E-state index contributed by atoms with van der Waals surface area (Å²) in [5.74, 6) is -1.28. The monoisotopic (exact) mass is 303 g/mol. The maximum absolute atomic E-state index is 12.1. The van der Waals surface area contributed by atoms with Gasteiger partial charge in [0.25, 0.3) is 0 Å². The molecule has 0 saturated carbocycles. The van der Waals surface area contributed by atoms with Crippen LogP contribution in [0.25, 0.3) is 5.57 Å². The average Bonchev–Trinajstić information content (AvgIpc) is 2.82. The topological polar surface area (TPSA) is 87.1 Å². The van der Waals surface area contributed by atoms with Gasteiger partial charge in [-0.15, -0.1) is 0 Å². The minimum atomic E-state index is -1.12. The number of benzene rings is 1. The third kappa shape index (κ3) is 1.99. The predicted octanol–water partition coefficient (Wildman–Crippen LogP) is 1.10. The van der Waals surface area contributed by atoms with Gasteiger partial charge in [0.1, 0.15) is 11.4 Å². The lowest BCUT2D eigenvalue weighted by molar-refractivity contribution is -0.161. The van der Waals surface area contributed by atoms with Crippen LogP contribution in [0.4, 0.5) is 0 Å². The minimum Gasteiger partial charge on any atom is -0.497 e. The number of nitrogens with zero attached hydrogens (tertiary/aromatic N) is 1. The second-order valence-corrected chi connectivity index (χ2v) is 5.61. The molecule has 1 aromatic rings. The lowest BCUT2D eigenvalue weighted by Gasteiger charge is -2.44. The third-order valence-electron chi connectivity index (χ3n) is 4.37. The van der Waals surface area contributed by atoms with Gasteiger partial charge >= 0.3 is 5.97 Å². The predicted molar refractivity (Wildman–Crippen MR) is 78.0 cm³/mol. The molecule has 116 valence electrons. The van der Waals surface area contributed by atoms with Crippen LogP contribution in [0.5, 0.6) is 5.75 Å². The highest BCUT2D eigenvalue weighted by Crippen LogP contribution is 2.46. The first-order valence-electron chi connectivity index (χ1n) is 7.07. The van der Waals surface area contributed by atoms with E-state index in [0.717, 1.165) is 5.56 Å². The van der Waals surface area contributed by atoms with Crippen LogP contribution in [0.15, 0.2) is 30.0 Å². The Labute approximate surface area is 127 Å². The summed E-state index contributed by atoms with van der Waals surface area (Å²) in [6.07, 6.45) is -0.339. The molecule has 2 N–H and O–H groups in total. The van der Waals surface area contributed by atoms with E-state index in [1.807, 2.05) is 0 Å². The second-order valence-electron chi connectivity index (χ2n) is 5.61. The largest absolute Gasteiger partial charge is 0.497 e. The number of aliphatic hydroxyl groups excluding tert-OH is 1. The summed E-state index contributed by atoms with van der Waals surface area (Å²) in [5, 5.41) is 19.2. The van der Waals surface area contributed by atoms with Crippen LogP contribution in [0.3, 0.4) is 0 Å². The number of methoxy groups -OCH3 is 1. The third-order valence-corrected chi connectivity index (χ3v) is 4.37. The van der Waals surface area contributed by atoms with E-state index in [1.165, 1.54) is 4.90 Å². The zero-order valence-corrected chi connectivity index (χ0v) is 12.3. The normalized spacial score (nSPS) is 24.9. The fourth-order valence-electron chi connectivity index (χ4n) is 3.32. The van der Waals surface area contributed by atoms with Crippen LogP contribution in [-0.4, -0.2) is 46.2 Å². The maximum Gasteiger partial charge on any atom is 0.352 e. The van der Waals surface area contributed by atoms with E-state index in [9.17, 15) is 19.8 Å². The Balaban J connectivity index is 1.99. The van der Waals surface area contributed by atoms with E-state index in [2.05, 4.69) is 0 Å². The van der Waals surface area contributed by atoms with Crippen molar-refractivity contribution < 1.29 is 24.5 Å². The number of rotatable bonds is 4. The summed E-state index contributed by atoms with van der Waals surface area (Å²) in [4.78, 5) is 25.0. The molecule has 0 radical (unpaired) electrons. The summed E-state index contributed by atoms with van der Waals surface area (Å²) in [6.45, 7) is 1.56. The van der Waals surface area contributed by atoms with Crippen LogP contribution in [0.1, 0.15) is 18.9 Å². The minimum absolute atomic E-state index is 0.0251. The van der Waals surface area contributed by atoms with Gasteiger partial charge in [-0.05, 0) is 36.6 Å². The van der Waals surface area contributed by atoms with Crippen molar-refractivity contribution in [3.63, 3.8) is 0 Å². The molecule has 0 aromatic heterocycles. The van der Waals surface area contributed by atoms with Gasteiger partial charge < -0.3 is 19.8 Å². The van der Waals surface area contributed by atoms with E-state index in [-0.39, 0.29) is 17.6 Å². The van der Waals surface area contributed by atoms with Crippen molar-refractivity contribution in [3.05, 3.63) is 35.5 Å². The van der Waals surface area contributed by atoms with Gasteiger partial charge in [-0.2, -0.15) is 0 Å². The van der Waals surface area contributed by atoms with E-state index in [0.29, 0.717) is 17.7 Å². The molecule has 2 aliphatic rings. The van der Waals surface area contributed by atoms with Gasteiger partial charge in [0.05, 0.1) is 25.2 Å². The molecule has 6 heteroatoms. The summed E-state index contributed by atoms with van der Waals surface area (Å²) < 4.78 is 5.10. The van der Waals surface area contributed by atoms with E-state index < -0.39 is 18.0 Å². The van der Waals surface area contributed by atoms with Gasteiger partial charge in [-0.1, -0.05) is 12.1 Å². The zero-order chi connectivity index (χ0) is 16.0.